The second kappa shape index (κ2) is 9.65. The third-order valence-electron chi connectivity index (χ3n) is 5.81. The van der Waals surface area contributed by atoms with Crippen LogP contribution < -0.4 is 9.64 Å². The number of hydrogen-bond acceptors (Lipinski definition) is 5. The van der Waals surface area contributed by atoms with Crippen LogP contribution in [-0.4, -0.2) is 60.3 Å². The van der Waals surface area contributed by atoms with Gasteiger partial charge in [-0.1, -0.05) is 34.8 Å². The molecule has 2 heterocycles. The standard InChI is InChI=1S/C22H20Cl3F2N3O4S/c1-34-15-3-5-16(6-4-15)35(32,33)30-13-18(20(26)27)17-12-14(2-7-19(17)30)28-8-10-29(11-9-28)21(31)22(23,24)25/h2-7,12-13,20H,8-11H2,1H3. The highest BCUT2D eigenvalue weighted by Gasteiger charge is 2.36. The summed E-state index contributed by atoms with van der Waals surface area (Å²) in [4.78, 5) is 15.4. The van der Waals surface area contributed by atoms with Gasteiger partial charge in [-0.25, -0.2) is 21.2 Å². The van der Waals surface area contributed by atoms with Gasteiger partial charge < -0.3 is 14.5 Å². The van der Waals surface area contributed by atoms with Gasteiger partial charge in [0.2, 0.25) is 0 Å². The van der Waals surface area contributed by atoms with Gasteiger partial charge in [0.25, 0.3) is 26.1 Å². The molecular weight excluding hydrogens is 547 g/mol. The maximum absolute atomic E-state index is 13.9. The molecule has 0 saturated carbocycles. The van der Waals surface area contributed by atoms with E-state index in [4.69, 9.17) is 39.5 Å². The number of amides is 1. The quantitative estimate of drug-likeness (QED) is 0.413. The van der Waals surface area contributed by atoms with Crippen LogP contribution in [0.5, 0.6) is 5.75 Å². The molecule has 1 aliphatic heterocycles. The fourth-order valence-electron chi connectivity index (χ4n) is 3.99. The number of halogens is 5. The highest BCUT2D eigenvalue weighted by Crippen LogP contribution is 2.35. The molecule has 4 rings (SSSR count). The predicted molar refractivity (Wildman–Crippen MR) is 132 cm³/mol. The summed E-state index contributed by atoms with van der Waals surface area (Å²) in [5.41, 5.74) is 0.341. The molecule has 0 aliphatic carbocycles. The number of anilines is 1. The Morgan fingerprint density at radius 1 is 1.03 bits per heavy atom. The average Bonchev–Trinajstić information content (AvgIpc) is 3.23. The van der Waals surface area contributed by atoms with E-state index < -0.39 is 31.7 Å². The van der Waals surface area contributed by atoms with Crippen molar-refractivity contribution < 1.29 is 26.7 Å². The Labute approximate surface area is 215 Å². The fourth-order valence-corrected chi connectivity index (χ4v) is 5.73. The van der Waals surface area contributed by atoms with Gasteiger partial charge in [0.05, 0.1) is 17.5 Å². The fraction of sp³-hybridized carbons (Fsp3) is 0.318. The lowest BCUT2D eigenvalue weighted by atomic mass is 10.1. The van der Waals surface area contributed by atoms with Crippen molar-refractivity contribution in [3.05, 3.63) is 54.2 Å². The lowest BCUT2D eigenvalue weighted by molar-refractivity contribution is -0.130. The highest BCUT2D eigenvalue weighted by atomic mass is 35.6. The van der Waals surface area contributed by atoms with Crippen LogP contribution in [0.3, 0.4) is 0 Å². The molecule has 1 fully saturated rings. The van der Waals surface area contributed by atoms with E-state index >= 15 is 0 Å². The summed E-state index contributed by atoms with van der Waals surface area (Å²) in [5.74, 6) is -0.159. The lowest BCUT2D eigenvalue weighted by Crippen LogP contribution is -2.51. The molecule has 1 saturated heterocycles. The average molecular weight is 567 g/mol. The molecule has 35 heavy (non-hydrogen) atoms. The van der Waals surface area contributed by atoms with E-state index in [0.717, 1.165) is 10.2 Å². The van der Waals surface area contributed by atoms with Gasteiger partial charge in [0.1, 0.15) is 5.75 Å². The van der Waals surface area contributed by atoms with Crippen molar-refractivity contribution in [3.63, 3.8) is 0 Å². The molecule has 0 spiro atoms. The van der Waals surface area contributed by atoms with Crippen molar-refractivity contribution in [1.82, 2.24) is 8.87 Å². The third-order valence-corrected chi connectivity index (χ3v) is 7.98. The zero-order valence-electron chi connectivity index (χ0n) is 18.3. The molecule has 1 aliphatic rings. The maximum atomic E-state index is 13.9. The van der Waals surface area contributed by atoms with E-state index in [1.807, 2.05) is 4.90 Å². The van der Waals surface area contributed by atoms with Crippen molar-refractivity contribution >= 4 is 67.3 Å². The Kier molecular flexibility index (Phi) is 7.11. The number of carbonyl (C=O) groups is 1. The summed E-state index contributed by atoms with van der Waals surface area (Å²) >= 11 is 17.0. The van der Waals surface area contributed by atoms with Gasteiger partial charge in [-0.3, -0.25) is 4.79 Å². The minimum atomic E-state index is -4.14. The summed E-state index contributed by atoms with van der Waals surface area (Å²) in [7, 11) is -2.69. The van der Waals surface area contributed by atoms with E-state index in [0.29, 0.717) is 24.5 Å². The summed E-state index contributed by atoms with van der Waals surface area (Å²) in [6.07, 6.45) is -1.94. The molecule has 0 N–H and O–H groups in total. The zero-order chi connectivity index (χ0) is 25.5. The van der Waals surface area contributed by atoms with E-state index in [1.165, 1.54) is 48.4 Å². The summed E-state index contributed by atoms with van der Waals surface area (Å²) in [6.45, 7) is 1.32. The van der Waals surface area contributed by atoms with Crippen LogP contribution in [0.25, 0.3) is 10.9 Å². The second-order valence-corrected chi connectivity index (χ2v) is 11.9. The van der Waals surface area contributed by atoms with Gasteiger partial charge >= 0.3 is 0 Å². The van der Waals surface area contributed by atoms with Crippen LogP contribution in [0.1, 0.15) is 12.0 Å². The maximum Gasteiger partial charge on any atom is 0.274 e. The van der Waals surface area contributed by atoms with Crippen molar-refractivity contribution in [3.8, 4) is 5.75 Å². The smallest absolute Gasteiger partial charge is 0.274 e. The van der Waals surface area contributed by atoms with Gasteiger partial charge in [-0.15, -0.1) is 0 Å². The zero-order valence-corrected chi connectivity index (χ0v) is 21.4. The van der Waals surface area contributed by atoms with Gasteiger partial charge in [-0.05, 0) is 42.5 Å². The number of methoxy groups -OCH3 is 1. The molecule has 0 atom stereocenters. The van der Waals surface area contributed by atoms with Crippen molar-refractivity contribution in [1.29, 1.82) is 0 Å². The number of carbonyl (C=O) groups excluding carboxylic acids is 1. The van der Waals surface area contributed by atoms with E-state index in [9.17, 15) is 22.0 Å². The van der Waals surface area contributed by atoms with Gasteiger partial charge in [-0.2, -0.15) is 0 Å². The Morgan fingerprint density at radius 3 is 2.20 bits per heavy atom. The lowest BCUT2D eigenvalue weighted by Gasteiger charge is -2.37. The number of benzene rings is 2. The first-order valence-electron chi connectivity index (χ1n) is 10.4. The molecule has 1 aromatic heterocycles. The van der Waals surface area contributed by atoms with Crippen molar-refractivity contribution in [2.75, 3.05) is 38.2 Å². The molecule has 0 unspecified atom stereocenters. The monoisotopic (exact) mass is 565 g/mol. The van der Waals surface area contributed by atoms with Crippen molar-refractivity contribution in [2.24, 2.45) is 0 Å². The molecule has 3 aromatic rings. The number of hydrogen-bond donors (Lipinski definition) is 0. The van der Waals surface area contributed by atoms with Crippen LogP contribution in [0.2, 0.25) is 0 Å². The van der Waals surface area contributed by atoms with E-state index in [1.54, 1.807) is 6.07 Å². The number of alkyl halides is 5. The molecule has 7 nitrogen and oxygen atoms in total. The highest BCUT2D eigenvalue weighted by molar-refractivity contribution is 7.90. The second-order valence-electron chi connectivity index (χ2n) is 7.84. The van der Waals surface area contributed by atoms with Crippen LogP contribution in [0.15, 0.2) is 53.6 Å². The number of nitrogens with zero attached hydrogens (tertiary/aromatic N) is 3. The largest absolute Gasteiger partial charge is 0.497 e. The molecule has 0 bridgehead atoms. The normalized spacial score (nSPS) is 15.2. The van der Waals surface area contributed by atoms with Gasteiger partial charge in [0.15, 0.2) is 0 Å². The Morgan fingerprint density at radius 2 is 1.66 bits per heavy atom. The number of aromatic nitrogens is 1. The Hall–Kier alpha value is -2.27. The third kappa shape index (κ3) is 5.02. The molecule has 1 amide bonds. The van der Waals surface area contributed by atoms with Crippen LogP contribution in [-0.2, 0) is 14.8 Å². The first kappa shape index (κ1) is 25.8. The van der Waals surface area contributed by atoms with E-state index in [-0.39, 0.29) is 28.9 Å². The molecule has 13 heteroatoms. The summed E-state index contributed by atoms with van der Waals surface area (Å²) < 4.78 is 58.2. The SMILES string of the molecule is COc1ccc(S(=O)(=O)n2cc(C(F)F)c3cc(N4CCN(C(=O)C(Cl)(Cl)Cl)CC4)ccc32)cc1. The van der Waals surface area contributed by atoms with Gasteiger partial charge in [0, 0.05) is 49.0 Å². The topological polar surface area (TPSA) is 71.9 Å². The Bertz CT molecular complexity index is 1350. The number of fused-ring (bicyclic) bond motifs is 1. The minimum absolute atomic E-state index is 0.0603. The van der Waals surface area contributed by atoms with E-state index in [2.05, 4.69) is 0 Å². The molecular formula is C22H20Cl3F2N3O4S. The summed E-state index contributed by atoms with van der Waals surface area (Å²) in [5, 5.41) is 0.120. The summed E-state index contributed by atoms with van der Waals surface area (Å²) in [6, 6.07) is 10.4. The molecule has 2 aromatic carbocycles. The van der Waals surface area contributed by atoms with Crippen LogP contribution in [0, 0.1) is 0 Å². The first-order valence-corrected chi connectivity index (χ1v) is 12.9. The predicted octanol–water partition coefficient (Wildman–Crippen LogP) is 4.84. The Balaban J connectivity index is 1.67. The molecule has 0 radical (unpaired) electrons. The number of rotatable bonds is 5. The van der Waals surface area contributed by atoms with Crippen molar-refractivity contribution in [2.45, 2.75) is 15.1 Å². The van der Waals surface area contributed by atoms with Crippen LogP contribution in [0.4, 0.5) is 14.5 Å². The molecule has 188 valence electrons. The van der Waals surface area contributed by atoms with Crippen LogP contribution >= 0.6 is 34.8 Å². The number of ether oxygens (including phenoxy) is 1. The number of piperazine rings is 1. The first-order chi connectivity index (χ1) is 16.4. The minimum Gasteiger partial charge on any atom is -0.497 e.